The maximum atomic E-state index is 12.8. The third-order valence-corrected chi connectivity index (χ3v) is 5.47. The molecule has 0 atom stereocenters. The van der Waals surface area contributed by atoms with Crippen LogP contribution in [0.25, 0.3) is 0 Å². The summed E-state index contributed by atoms with van der Waals surface area (Å²) in [6, 6.07) is 6.85. The maximum absolute atomic E-state index is 12.8. The van der Waals surface area contributed by atoms with E-state index < -0.39 is 17.2 Å². The molecule has 9 heteroatoms. The predicted octanol–water partition coefficient (Wildman–Crippen LogP) is 4.30. The topological polar surface area (TPSA) is 116 Å². The van der Waals surface area contributed by atoms with E-state index in [1.807, 2.05) is 20.8 Å². The SMILES string of the molecule is Cc1nc(COc2ccc(C(=O)NCC3(NC(=O)OC(C)(C)C)CCCCCC3)cc2)no1. The number of nitrogens with one attached hydrogen (secondary N) is 2. The Labute approximate surface area is 194 Å². The number of amides is 2. The third-order valence-electron chi connectivity index (χ3n) is 5.47. The van der Waals surface area contributed by atoms with Crippen LogP contribution in [0.3, 0.4) is 0 Å². The highest BCUT2D eigenvalue weighted by Gasteiger charge is 2.34. The number of alkyl carbamates (subject to hydrolysis) is 1. The minimum Gasteiger partial charge on any atom is -0.485 e. The Bertz CT molecular complexity index is 925. The van der Waals surface area contributed by atoms with E-state index in [4.69, 9.17) is 14.0 Å². The average molecular weight is 459 g/mol. The van der Waals surface area contributed by atoms with Crippen LogP contribution in [0.1, 0.15) is 81.4 Å². The number of aromatic nitrogens is 2. The number of aryl methyl sites for hydroxylation is 1. The Hall–Kier alpha value is -3.10. The molecule has 3 rings (SSSR count). The van der Waals surface area contributed by atoms with Gasteiger partial charge in [-0.1, -0.05) is 30.8 Å². The van der Waals surface area contributed by atoms with Crippen molar-refractivity contribution in [2.45, 2.75) is 84.0 Å². The number of rotatable bonds is 7. The van der Waals surface area contributed by atoms with Crippen molar-refractivity contribution in [2.75, 3.05) is 6.54 Å². The monoisotopic (exact) mass is 458 g/mol. The number of benzene rings is 1. The summed E-state index contributed by atoms with van der Waals surface area (Å²) < 4.78 is 16.0. The van der Waals surface area contributed by atoms with E-state index in [1.54, 1.807) is 31.2 Å². The summed E-state index contributed by atoms with van der Waals surface area (Å²) in [5.74, 6) is 1.33. The normalized spacial score (nSPS) is 15.9. The van der Waals surface area contributed by atoms with Gasteiger partial charge in [-0.25, -0.2) is 4.79 Å². The zero-order chi connectivity index (χ0) is 23.9. The lowest BCUT2D eigenvalue weighted by atomic mass is 9.90. The molecule has 0 radical (unpaired) electrons. The van der Waals surface area contributed by atoms with Gasteiger partial charge in [-0.3, -0.25) is 4.79 Å². The van der Waals surface area contributed by atoms with E-state index in [0.29, 0.717) is 29.6 Å². The summed E-state index contributed by atoms with van der Waals surface area (Å²) in [4.78, 5) is 29.4. The molecule has 33 heavy (non-hydrogen) atoms. The summed E-state index contributed by atoms with van der Waals surface area (Å²) in [7, 11) is 0. The number of nitrogens with zero attached hydrogens (tertiary/aromatic N) is 2. The minimum atomic E-state index is -0.578. The van der Waals surface area contributed by atoms with Gasteiger partial charge in [0.05, 0.1) is 5.54 Å². The molecule has 9 nitrogen and oxygen atoms in total. The quantitative estimate of drug-likeness (QED) is 0.594. The Morgan fingerprint density at radius 2 is 1.76 bits per heavy atom. The first kappa shape index (κ1) is 24.5. The van der Waals surface area contributed by atoms with Crippen LogP contribution >= 0.6 is 0 Å². The molecule has 0 spiro atoms. The molecule has 1 aliphatic rings. The molecule has 0 bridgehead atoms. The first-order valence-corrected chi connectivity index (χ1v) is 11.5. The summed E-state index contributed by atoms with van der Waals surface area (Å²) in [6.07, 6.45) is 5.39. The summed E-state index contributed by atoms with van der Waals surface area (Å²) in [5.41, 5.74) is -0.579. The van der Waals surface area contributed by atoms with Crippen LogP contribution in [0.4, 0.5) is 4.79 Å². The predicted molar refractivity (Wildman–Crippen MR) is 122 cm³/mol. The Kier molecular flexibility index (Phi) is 7.94. The van der Waals surface area contributed by atoms with E-state index in [2.05, 4.69) is 20.8 Å². The van der Waals surface area contributed by atoms with Crippen LogP contribution < -0.4 is 15.4 Å². The lowest BCUT2D eigenvalue weighted by Gasteiger charge is -2.35. The van der Waals surface area contributed by atoms with Gasteiger partial charge in [0.2, 0.25) is 11.7 Å². The molecule has 0 unspecified atom stereocenters. The van der Waals surface area contributed by atoms with Crippen molar-refractivity contribution >= 4 is 12.0 Å². The average Bonchev–Trinajstić information content (AvgIpc) is 3.03. The molecule has 2 amide bonds. The molecule has 0 aliphatic heterocycles. The zero-order valence-corrected chi connectivity index (χ0v) is 19.9. The Morgan fingerprint density at radius 1 is 1.09 bits per heavy atom. The van der Waals surface area contributed by atoms with E-state index in [0.717, 1.165) is 38.5 Å². The second-order valence-corrected chi connectivity index (χ2v) is 9.55. The molecular formula is C24H34N4O5. The van der Waals surface area contributed by atoms with Gasteiger partial charge >= 0.3 is 6.09 Å². The number of hydrogen-bond acceptors (Lipinski definition) is 7. The molecule has 1 saturated carbocycles. The first-order chi connectivity index (χ1) is 15.6. The van der Waals surface area contributed by atoms with Crippen LogP contribution in [-0.2, 0) is 11.3 Å². The summed E-state index contributed by atoms with van der Waals surface area (Å²) in [5, 5.41) is 9.85. The van der Waals surface area contributed by atoms with E-state index in [9.17, 15) is 9.59 Å². The largest absolute Gasteiger partial charge is 0.485 e. The molecule has 1 aromatic carbocycles. The van der Waals surface area contributed by atoms with Gasteiger partial charge in [-0.05, 0) is 57.9 Å². The van der Waals surface area contributed by atoms with Crippen molar-refractivity contribution in [3.05, 3.63) is 41.5 Å². The van der Waals surface area contributed by atoms with E-state index in [1.165, 1.54) is 0 Å². The Balaban J connectivity index is 1.58. The van der Waals surface area contributed by atoms with Crippen LogP contribution in [0, 0.1) is 6.92 Å². The van der Waals surface area contributed by atoms with Crippen LogP contribution in [-0.4, -0.2) is 39.8 Å². The van der Waals surface area contributed by atoms with Gasteiger partial charge < -0.3 is 24.6 Å². The van der Waals surface area contributed by atoms with Gasteiger partial charge in [0.15, 0.2) is 6.61 Å². The summed E-state index contributed by atoms with van der Waals surface area (Å²) in [6.45, 7) is 7.76. The highest BCUT2D eigenvalue weighted by atomic mass is 16.6. The van der Waals surface area contributed by atoms with Crippen molar-refractivity contribution in [2.24, 2.45) is 0 Å². The second-order valence-electron chi connectivity index (χ2n) is 9.55. The highest BCUT2D eigenvalue weighted by molar-refractivity contribution is 5.94. The third kappa shape index (κ3) is 7.76. The molecule has 180 valence electrons. The van der Waals surface area contributed by atoms with Gasteiger partial charge in [-0.2, -0.15) is 4.98 Å². The molecule has 1 heterocycles. The molecule has 2 N–H and O–H groups in total. The van der Waals surface area contributed by atoms with Gasteiger partial charge in [-0.15, -0.1) is 0 Å². The molecule has 2 aromatic rings. The fourth-order valence-electron chi connectivity index (χ4n) is 3.87. The fraction of sp³-hybridized carbons (Fsp3) is 0.583. The standard InChI is InChI=1S/C24H34N4O5/c1-17-26-20(28-33-17)15-31-19-11-9-18(10-12-19)21(29)25-16-24(13-7-5-6-8-14-24)27-22(30)32-23(2,3)4/h9-12H,5-8,13-16H2,1-4H3,(H,25,29)(H,27,30). The molecular weight excluding hydrogens is 424 g/mol. The van der Waals surface area contributed by atoms with Crippen molar-refractivity contribution in [3.8, 4) is 5.75 Å². The fourth-order valence-corrected chi connectivity index (χ4v) is 3.87. The number of carbonyl (C=O) groups is 2. The highest BCUT2D eigenvalue weighted by Crippen LogP contribution is 2.27. The molecule has 1 aliphatic carbocycles. The lowest BCUT2D eigenvalue weighted by Crippen LogP contribution is -2.56. The van der Waals surface area contributed by atoms with Gasteiger partial charge in [0.25, 0.3) is 5.91 Å². The van der Waals surface area contributed by atoms with Crippen molar-refractivity contribution < 1.29 is 23.6 Å². The maximum Gasteiger partial charge on any atom is 0.408 e. The number of hydrogen-bond donors (Lipinski definition) is 2. The molecule has 1 aromatic heterocycles. The van der Waals surface area contributed by atoms with Crippen LogP contribution in [0.15, 0.2) is 28.8 Å². The summed E-state index contributed by atoms with van der Waals surface area (Å²) >= 11 is 0. The second kappa shape index (κ2) is 10.7. The number of ether oxygens (including phenoxy) is 2. The van der Waals surface area contributed by atoms with Crippen molar-refractivity contribution in [1.82, 2.24) is 20.8 Å². The molecule has 0 saturated heterocycles. The zero-order valence-electron chi connectivity index (χ0n) is 19.9. The Morgan fingerprint density at radius 3 is 2.33 bits per heavy atom. The van der Waals surface area contributed by atoms with Gasteiger partial charge in [0.1, 0.15) is 11.4 Å². The minimum absolute atomic E-state index is 0.182. The van der Waals surface area contributed by atoms with E-state index in [-0.39, 0.29) is 12.5 Å². The van der Waals surface area contributed by atoms with Crippen LogP contribution in [0.2, 0.25) is 0 Å². The van der Waals surface area contributed by atoms with E-state index >= 15 is 0 Å². The first-order valence-electron chi connectivity index (χ1n) is 11.5. The smallest absolute Gasteiger partial charge is 0.408 e. The van der Waals surface area contributed by atoms with Crippen molar-refractivity contribution in [1.29, 1.82) is 0 Å². The van der Waals surface area contributed by atoms with Crippen LogP contribution in [0.5, 0.6) is 5.75 Å². The number of carbonyl (C=O) groups excluding carboxylic acids is 2. The molecule has 1 fully saturated rings. The lowest BCUT2D eigenvalue weighted by molar-refractivity contribution is 0.0437. The van der Waals surface area contributed by atoms with Crippen molar-refractivity contribution in [3.63, 3.8) is 0 Å². The van der Waals surface area contributed by atoms with Gasteiger partial charge in [0, 0.05) is 19.0 Å².